The topological polar surface area (TPSA) is 34.1 Å². The summed E-state index contributed by atoms with van der Waals surface area (Å²) < 4.78 is 5.09. The number of nitrogens with one attached hydrogen (secondary N) is 1. The number of ether oxygens (including phenoxy) is 1. The van der Waals surface area contributed by atoms with E-state index in [-0.39, 0.29) is 0 Å². The van der Waals surface area contributed by atoms with Crippen LogP contribution < -0.4 is 10.1 Å². The molecule has 0 aliphatic carbocycles. The summed E-state index contributed by atoms with van der Waals surface area (Å²) in [6.45, 7) is 2.18. The average molecular weight is 270 g/mol. The molecule has 20 heavy (non-hydrogen) atoms. The Balaban J connectivity index is 2.14. The second kappa shape index (κ2) is 7.06. The van der Waals surface area contributed by atoms with Crippen molar-refractivity contribution >= 4 is 0 Å². The average Bonchev–Trinajstić information content (AvgIpc) is 2.53. The fourth-order valence-corrected chi connectivity index (χ4v) is 2.30. The van der Waals surface area contributed by atoms with E-state index >= 15 is 0 Å². The highest BCUT2D eigenvalue weighted by Crippen LogP contribution is 2.20. The third-order valence-corrected chi connectivity index (χ3v) is 3.56. The van der Waals surface area contributed by atoms with Crippen molar-refractivity contribution in [1.29, 1.82) is 0 Å². The van der Waals surface area contributed by atoms with Crippen LogP contribution in [0.1, 0.15) is 29.7 Å². The fraction of sp³-hybridized carbons (Fsp3) is 0.353. The van der Waals surface area contributed by atoms with Gasteiger partial charge in [0.2, 0.25) is 5.88 Å². The van der Waals surface area contributed by atoms with E-state index in [1.165, 1.54) is 16.7 Å². The summed E-state index contributed by atoms with van der Waals surface area (Å²) in [5.41, 5.74) is 3.89. The van der Waals surface area contributed by atoms with Crippen LogP contribution in [0.4, 0.5) is 0 Å². The Bertz CT molecular complexity index is 537. The van der Waals surface area contributed by atoms with Gasteiger partial charge in [-0.15, -0.1) is 0 Å². The summed E-state index contributed by atoms with van der Waals surface area (Å²) in [6.07, 6.45) is 3.86. The maximum Gasteiger partial charge on any atom is 0.212 e. The van der Waals surface area contributed by atoms with Crippen molar-refractivity contribution in [3.63, 3.8) is 0 Å². The molecule has 0 radical (unpaired) electrons. The summed E-state index contributed by atoms with van der Waals surface area (Å²) in [5, 5.41) is 3.39. The number of hydrogen-bond donors (Lipinski definition) is 1. The molecule has 106 valence electrons. The number of aryl methyl sites for hydroxylation is 1. The summed E-state index contributed by atoms with van der Waals surface area (Å²) in [4.78, 5) is 4.26. The summed E-state index contributed by atoms with van der Waals surface area (Å²) in [5.74, 6) is 0.655. The van der Waals surface area contributed by atoms with E-state index in [2.05, 4.69) is 47.6 Å². The molecule has 3 heteroatoms. The van der Waals surface area contributed by atoms with Gasteiger partial charge in [0.05, 0.1) is 7.11 Å². The lowest BCUT2D eigenvalue weighted by atomic mass is 9.98. The summed E-state index contributed by atoms with van der Waals surface area (Å²) in [7, 11) is 3.63. The minimum absolute atomic E-state index is 0.302. The highest BCUT2D eigenvalue weighted by molar-refractivity contribution is 5.28. The second-order valence-electron chi connectivity index (χ2n) is 4.85. The molecule has 0 saturated heterocycles. The standard InChI is InChI=1S/C17H22N2O/c1-4-13-6-5-7-15(10-13)16(18-2)11-14-8-9-17(20-3)19-12-14/h5-10,12,16,18H,4,11H2,1-3H3. The van der Waals surface area contributed by atoms with Crippen LogP contribution in [0.15, 0.2) is 42.6 Å². The normalized spacial score (nSPS) is 12.2. The van der Waals surface area contributed by atoms with Gasteiger partial charge < -0.3 is 10.1 Å². The van der Waals surface area contributed by atoms with Crippen molar-refractivity contribution < 1.29 is 4.74 Å². The largest absolute Gasteiger partial charge is 0.481 e. The molecule has 1 heterocycles. The Morgan fingerprint density at radius 1 is 1.20 bits per heavy atom. The van der Waals surface area contributed by atoms with Gasteiger partial charge in [-0.25, -0.2) is 4.98 Å². The Hall–Kier alpha value is -1.87. The van der Waals surface area contributed by atoms with E-state index in [9.17, 15) is 0 Å². The number of rotatable bonds is 6. The molecular formula is C17H22N2O. The number of pyridine rings is 1. The predicted molar refractivity (Wildman–Crippen MR) is 82.1 cm³/mol. The Labute approximate surface area is 121 Å². The molecule has 3 nitrogen and oxygen atoms in total. The number of methoxy groups -OCH3 is 1. The molecular weight excluding hydrogens is 248 g/mol. The number of likely N-dealkylation sites (N-methyl/N-ethyl adjacent to an activating group) is 1. The molecule has 1 N–H and O–H groups in total. The van der Waals surface area contributed by atoms with E-state index in [1.54, 1.807) is 7.11 Å². The first kappa shape index (κ1) is 14.5. The Morgan fingerprint density at radius 3 is 2.65 bits per heavy atom. The Morgan fingerprint density at radius 2 is 2.05 bits per heavy atom. The van der Waals surface area contributed by atoms with Crippen LogP contribution in [-0.2, 0) is 12.8 Å². The minimum atomic E-state index is 0.302. The quantitative estimate of drug-likeness (QED) is 0.875. The molecule has 2 aromatic rings. The van der Waals surface area contributed by atoms with Crippen LogP contribution in [0.5, 0.6) is 5.88 Å². The number of nitrogens with zero attached hydrogens (tertiary/aromatic N) is 1. The zero-order valence-electron chi connectivity index (χ0n) is 12.4. The monoisotopic (exact) mass is 270 g/mol. The van der Waals surface area contributed by atoms with E-state index < -0.39 is 0 Å². The van der Waals surface area contributed by atoms with Gasteiger partial charge >= 0.3 is 0 Å². The molecule has 0 aliphatic heterocycles. The smallest absolute Gasteiger partial charge is 0.212 e. The molecule has 0 saturated carbocycles. The molecule has 0 spiro atoms. The molecule has 0 bridgehead atoms. The number of aromatic nitrogens is 1. The maximum atomic E-state index is 5.09. The SMILES string of the molecule is CCc1cccc(C(Cc2ccc(OC)nc2)NC)c1. The fourth-order valence-electron chi connectivity index (χ4n) is 2.30. The van der Waals surface area contributed by atoms with Gasteiger partial charge in [-0.05, 0) is 36.6 Å². The van der Waals surface area contributed by atoms with Crippen LogP contribution >= 0.6 is 0 Å². The summed E-state index contributed by atoms with van der Waals surface area (Å²) in [6, 6.07) is 13.0. The maximum absolute atomic E-state index is 5.09. The molecule has 0 fully saturated rings. The minimum Gasteiger partial charge on any atom is -0.481 e. The molecule has 0 amide bonds. The molecule has 1 aromatic heterocycles. The molecule has 1 unspecified atom stereocenters. The number of hydrogen-bond acceptors (Lipinski definition) is 3. The van der Waals surface area contributed by atoms with Crippen molar-refractivity contribution in [2.24, 2.45) is 0 Å². The van der Waals surface area contributed by atoms with Gasteiger partial charge in [0.1, 0.15) is 0 Å². The van der Waals surface area contributed by atoms with Crippen molar-refractivity contribution in [3.05, 3.63) is 59.3 Å². The lowest BCUT2D eigenvalue weighted by molar-refractivity contribution is 0.397. The zero-order valence-corrected chi connectivity index (χ0v) is 12.4. The van der Waals surface area contributed by atoms with Crippen LogP contribution in [0.25, 0.3) is 0 Å². The lowest BCUT2D eigenvalue weighted by Crippen LogP contribution is -2.19. The van der Waals surface area contributed by atoms with Crippen molar-refractivity contribution in [2.75, 3.05) is 14.2 Å². The van der Waals surface area contributed by atoms with Crippen LogP contribution in [0.2, 0.25) is 0 Å². The van der Waals surface area contributed by atoms with E-state index in [1.807, 2.05) is 19.3 Å². The van der Waals surface area contributed by atoms with Crippen molar-refractivity contribution in [2.45, 2.75) is 25.8 Å². The van der Waals surface area contributed by atoms with Gasteiger partial charge in [0.25, 0.3) is 0 Å². The molecule has 2 rings (SSSR count). The second-order valence-corrected chi connectivity index (χ2v) is 4.85. The van der Waals surface area contributed by atoms with Gasteiger partial charge in [0, 0.05) is 18.3 Å². The van der Waals surface area contributed by atoms with Gasteiger partial charge in [-0.3, -0.25) is 0 Å². The van der Waals surface area contributed by atoms with E-state index in [0.29, 0.717) is 11.9 Å². The van der Waals surface area contributed by atoms with Crippen LogP contribution in [0.3, 0.4) is 0 Å². The number of benzene rings is 1. The highest BCUT2D eigenvalue weighted by Gasteiger charge is 2.11. The molecule has 0 aliphatic rings. The third kappa shape index (κ3) is 3.58. The first-order valence-electron chi connectivity index (χ1n) is 7.01. The lowest BCUT2D eigenvalue weighted by Gasteiger charge is -2.17. The van der Waals surface area contributed by atoms with Crippen molar-refractivity contribution in [1.82, 2.24) is 10.3 Å². The first-order chi connectivity index (χ1) is 9.76. The van der Waals surface area contributed by atoms with Gasteiger partial charge in [-0.1, -0.05) is 37.3 Å². The predicted octanol–water partition coefficient (Wildman–Crippen LogP) is 3.16. The van der Waals surface area contributed by atoms with E-state index in [0.717, 1.165) is 12.8 Å². The first-order valence-corrected chi connectivity index (χ1v) is 7.01. The van der Waals surface area contributed by atoms with Gasteiger partial charge in [-0.2, -0.15) is 0 Å². The van der Waals surface area contributed by atoms with Crippen LogP contribution in [0, 0.1) is 0 Å². The van der Waals surface area contributed by atoms with Crippen molar-refractivity contribution in [3.8, 4) is 5.88 Å². The molecule has 1 atom stereocenters. The van der Waals surface area contributed by atoms with E-state index in [4.69, 9.17) is 4.74 Å². The van der Waals surface area contributed by atoms with Crippen LogP contribution in [-0.4, -0.2) is 19.1 Å². The highest BCUT2D eigenvalue weighted by atomic mass is 16.5. The molecule has 1 aromatic carbocycles. The van der Waals surface area contributed by atoms with Gasteiger partial charge in [0.15, 0.2) is 0 Å². The third-order valence-electron chi connectivity index (χ3n) is 3.56. The Kier molecular flexibility index (Phi) is 5.13. The zero-order chi connectivity index (χ0) is 14.4. The summed E-state index contributed by atoms with van der Waals surface area (Å²) >= 11 is 0.